The summed E-state index contributed by atoms with van der Waals surface area (Å²) >= 11 is 6.78. The van der Waals surface area contributed by atoms with Gasteiger partial charge >= 0.3 is 0 Å². The first-order valence-electron chi connectivity index (χ1n) is 13.1. The van der Waals surface area contributed by atoms with Crippen molar-refractivity contribution < 1.29 is 4.74 Å². The molecule has 2 aromatic carbocycles. The van der Waals surface area contributed by atoms with E-state index in [-0.39, 0.29) is 0 Å². The summed E-state index contributed by atoms with van der Waals surface area (Å²) in [4.78, 5) is 9.61. The summed E-state index contributed by atoms with van der Waals surface area (Å²) in [6, 6.07) is 17.6. The molecule has 1 unspecified atom stereocenters. The fourth-order valence-electron chi connectivity index (χ4n) is 5.18. The Bertz CT molecular complexity index is 1380. The molecule has 0 aliphatic carbocycles. The Morgan fingerprint density at radius 2 is 1.86 bits per heavy atom. The molecule has 5 rings (SSSR count). The fourth-order valence-corrected chi connectivity index (χ4v) is 5.48. The van der Waals surface area contributed by atoms with Gasteiger partial charge in [0, 0.05) is 57.4 Å². The number of hydrogen-bond donors (Lipinski definition) is 1. The molecule has 0 saturated carbocycles. The van der Waals surface area contributed by atoms with Gasteiger partial charge in [0.2, 0.25) is 0 Å². The molecule has 1 aliphatic heterocycles. The second-order valence-corrected chi connectivity index (χ2v) is 10.3. The molecule has 1 aliphatic rings. The van der Waals surface area contributed by atoms with Gasteiger partial charge in [-0.2, -0.15) is 0 Å². The van der Waals surface area contributed by atoms with E-state index < -0.39 is 0 Å². The number of piperazine rings is 1. The van der Waals surface area contributed by atoms with Gasteiger partial charge in [-0.15, -0.1) is 0 Å². The highest BCUT2D eigenvalue weighted by atomic mass is 35.5. The van der Waals surface area contributed by atoms with Crippen molar-refractivity contribution in [2.75, 3.05) is 43.5 Å². The number of methoxy groups -OCH3 is 1. The first kappa shape index (κ1) is 25.6. The lowest BCUT2D eigenvalue weighted by Crippen LogP contribution is -2.49. The average Bonchev–Trinajstić information content (AvgIpc) is 3.41. The van der Waals surface area contributed by atoms with Crippen molar-refractivity contribution in [3.8, 4) is 11.3 Å². The summed E-state index contributed by atoms with van der Waals surface area (Å²) in [6.07, 6.45) is 5.03. The van der Waals surface area contributed by atoms with Crippen LogP contribution in [-0.2, 0) is 11.3 Å². The lowest BCUT2D eigenvalue weighted by atomic mass is 10.0. The monoisotopic (exact) mass is 517 g/mol. The smallest absolute Gasteiger partial charge is 0.161 e. The van der Waals surface area contributed by atoms with E-state index in [0.29, 0.717) is 12.6 Å². The number of pyridine rings is 1. The van der Waals surface area contributed by atoms with Gasteiger partial charge in [0.05, 0.1) is 28.7 Å². The molecule has 1 atom stereocenters. The minimum atomic E-state index is 0.616. The Morgan fingerprint density at radius 3 is 2.57 bits per heavy atom. The molecule has 0 amide bonds. The molecule has 0 bridgehead atoms. The van der Waals surface area contributed by atoms with Crippen LogP contribution in [0.2, 0.25) is 5.02 Å². The van der Waals surface area contributed by atoms with Crippen LogP contribution in [0.5, 0.6) is 0 Å². The van der Waals surface area contributed by atoms with E-state index in [1.54, 1.807) is 7.11 Å². The minimum absolute atomic E-state index is 0.616. The number of nitrogens with one attached hydrogen (secondary N) is 1. The third-order valence-electron chi connectivity index (χ3n) is 7.58. The van der Waals surface area contributed by atoms with E-state index in [1.807, 2.05) is 18.5 Å². The van der Waals surface area contributed by atoms with Gasteiger partial charge in [-0.25, -0.2) is 4.98 Å². The maximum atomic E-state index is 6.78. The zero-order valence-corrected chi connectivity index (χ0v) is 22.9. The molecule has 2 aromatic heterocycles. The van der Waals surface area contributed by atoms with Crippen molar-refractivity contribution in [3.05, 3.63) is 77.1 Å². The molecular weight excluding hydrogens is 482 g/mol. The number of aryl methyl sites for hydroxylation is 1. The van der Waals surface area contributed by atoms with Gasteiger partial charge in [-0.1, -0.05) is 30.7 Å². The van der Waals surface area contributed by atoms with Crippen LogP contribution in [0.3, 0.4) is 0 Å². The Hall–Kier alpha value is -3.06. The number of benzene rings is 2. The highest BCUT2D eigenvalue weighted by Crippen LogP contribution is 2.33. The van der Waals surface area contributed by atoms with Crippen molar-refractivity contribution in [2.45, 2.75) is 39.8 Å². The van der Waals surface area contributed by atoms with Crippen molar-refractivity contribution in [3.63, 3.8) is 0 Å². The second kappa shape index (κ2) is 11.1. The van der Waals surface area contributed by atoms with Crippen LogP contribution >= 0.6 is 11.6 Å². The van der Waals surface area contributed by atoms with Crippen molar-refractivity contribution in [1.29, 1.82) is 0 Å². The fraction of sp³-hybridized carbons (Fsp3) is 0.367. The van der Waals surface area contributed by atoms with Gasteiger partial charge in [-0.3, -0.25) is 9.30 Å². The number of aromatic nitrogens is 2. The third-order valence-corrected chi connectivity index (χ3v) is 7.89. The van der Waals surface area contributed by atoms with Crippen LogP contribution in [0.15, 0.2) is 60.9 Å². The van der Waals surface area contributed by atoms with E-state index in [9.17, 15) is 0 Å². The number of nitrogens with zero attached hydrogens (tertiary/aromatic N) is 4. The summed E-state index contributed by atoms with van der Waals surface area (Å²) < 4.78 is 7.44. The molecule has 3 heterocycles. The molecule has 194 valence electrons. The van der Waals surface area contributed by atoms with Crippen LogP contribution in [-0.4, -0.2) is 53.6 Å². The lowest BCUT2D eigenvalue weighted by molar-refractivity contribution is 0.184. The standard InChI is InChI=1S/C30H36ClN5O/c1-5-22(3)34-14-16-35(17-15-34)29-10-8-25(19-26(29)31)33-27-9-11-28(36-13-12-32-30(27)36)23-6-7-24(20-37-4)21(2)18-23/h6-13,18-19,22,33H,5,14-17,20H2,1-4H3. The Balaban J connectivity index is 1.35. The SMILES string of the molecule is CCC(C)N1CCN(c2ccc(Nc3ccc(-c4ccc(COC)c(C)c4)n4ccnc34)cc2Cl)CC1. The van der Waals surface area contributed by atoms with Crippen molar-refractivity contribution in [2.24, 2.45) is 0 Å². The maximum Gasteiger partial charge on any atom is 0.161 e. The summed E-state index contributed by atoms with van der Waals surface area (Å²) in [5, 5.41) is 4.31. The molecule has 0 spiro atoms. The molecule has 7 heteroatoms. The summed E-state index contributed by atoms with van der Waals surface area (Å²) in [5.74, 6) is 0. The zero-order valence-electron chi connectivity index (χ0n) is 22.2. The summed E-state index contributed by atoms with van der Waals surface area (Å²) in [6.45, 7) is 11.5. The van der Waals surface area contributed by atoms with E-state index in [1.165, 1.54) is 17.5 Å². The van der Waals surface area contributed by atoms with Gasteiger partial charge in [0.1, 0.15) is 0 Å². The molecule has 4 aromatic rings. The van der Waals surface area contributed by atoms with E-state index in [0.717, 1.165) is 65.2 Å². The first-order chi connectivity index (χ1) is 18.0. The zero-order chi connectivity index (χ0) is 25.9. The molecule has 6 nitrogen and oxygen atoms in total. The normalized spacial score (nSPS) is 15.3. The van der Waals surface area contributed by atoms with Gasteiger partial charge < -0.3 is 15.0 Å². The van der Waals surface area contributed by atoms with Gasteiger partial charge in [0.15, 0.2) is 5.65 Å². The van der Waals surface area contributed by atoms with Gasteiger partial charge in [0.25, 0.3) is 0 Å². The Labute approximate surface area is 224 Å². The summed E-state index contributed by atoms with van der Waals surface area (Å²) in [5.41, 5.74) is 8.51. The molecule has 1 fully saturated rings. The van der Waals surface area contributed by atoms with E-state index in [2.05, 4.69) is 87.7 Å². The quantitative estimate of drug-likeness (QED) is 0.279. The van der Waals surface area contributed by atoms with Crippen LogP contribution in [0.25, 0.3) is 16.9 Å². The second-order valence-electron chi connectivity index (χ2n) is 9.90. The van der Waals surface area contributed by atoms with Crippen molar-refractivity contribution >= 4 is 34.3 Å². The number of anilines is 3. The maximum absolute atomic E-state index is 6.78. The molecule has 37 heavy (non-hydrogen) atoms. The Morgan fingerprint density at radius 1 is 1.05 bits per heavy atom. The minimum Gasteiger partial charge on any atom is -0.380 e. The number of halogens is 1. The predicted molar refractivity (Wildman–Crippen MR) is 154 cm³/mol. The number of hydrogen-bond acceptors (Lipinski definition) is 5. The van der Waals surface area contributed by atoms with Crippen LogP contribution in [0.4, 0.5) is 17.1 Å². The molecule has 1 saturated heterocycles. The van der Waals surface area contributed by atoms with Gasteiger partial charge in [-0.05, 0) is 73.4 Å². The lowest BCUT2D eigenvalue weighted by Gasteiger charge is -2.39. The number of fused-ring (bicyclic) bond motifs is 1. The highest BCUT2D eigenvalue weighted by Gasteiger charge is 2.22. The largest absolute Gasteiger partial charge is 0.380 e. The predicted octanol–water partition coefficient (Wildman–Crippen LogP) is 6.77. The average molecular weight is 518 g/mol. The number of rotatable bonds is 8. The topological polar surface area (TPSA) is 45.0 Å². The first-order valence-corrected chi connectivity index (χ1v) is 13.5. The molecule has 0 radical (unpaired) electrons. The van der Waals surface area contributed by atoms with Crippen molar-refractivity contribution in [1.82, 2.24) is 14.3 Å². The van der Waals surface area contributed by atoms with Crippen LogP contribution < -0.4 is 10.2 Å². The van der Waals surface area contributed by atoms with E-state index in [4.69, 9.17) is 16.3 Å². The summed E-state index contributed by atoms with van der Waals surface area (Å²) in [7, 11) is 1.73. The third kappa shape index (κ3) is 5.33. The number of imidazole rings is 1. The molecular formula is C30H36ClN5O. The van der Waals surface area contributed by atoms with E-state index >= 15 is 0 Å². The Kier molecular flexibility index (Phi) is 7.70. The van der Waals surface area contributed by atoms with Crippen LogP contribution in [0.1, 0.15) is 31.4 Å². The van der Waals surface area contributed by atoms with Crippen LogP contribution in [0, 0.1) is 6.92 Å². The molecule has 1 N–H and O–H groups in total. The number of ether oxygens (including phenoxy) is 1. The highest BCUT2D eigenvalue weighted by molar-refractivity contribution is 6.33.